The molecule has 0 saturated carbocycles. The molecule has 2 heterocycles. The molecule has 2 aromatic heterocycles. The number of thiazole rings is 1. The molecule has 0 bridgehead atoms. The fourth-order valence-corrected chi connectivity index (χ4v) is 4.98. The molecule has 0 fully saturated rings. The second kappa shape index (κ2) is 15.4. The van der Waals surface area contributed by atoms with Crippen LogP contribution < -0.4 is 4.90 Å². The summed E-state index contributed by atoms with van der Waals surface area (Å²) in [7, 11) is 4.25. The highest BCUT2D eigenvalue weighted by molar-refractivity contribution is 7.14. The van der Waals surface area contributed by atoms with Gasteiger partial charge in [-0.1, -0.05) is 53.7 Å². The summed E-state index contributed by atoms with van der Waals surface area (Å²) in [5, 5.41) is 18.9. The number of nitrogens with zero attached hydrogens (tertiary/aromatic N) is 4. The molecule has 1 aromatic carbocycles. The average molecular weight is 581 g/mol. The summed E-state index contributed by atoms with van der Waals surface area (Å²) in [6.45, 7) is 16.8. The van der Waals surface area contributed by atoms with E-state index in [4.69, 9.17) is 15.2 Å². The van der Waals surface area contributed by atoms with Crippen LogP contribution in [0.2, 0.25) is 0 Å². The number of hydrogen-bond acceptors (Lipinski definition) is 7. The van der Waals surface area contributed by atoms with E-state index in [-0.39, 0.29) is 0 Å². The Morgan fingerprint density at radius 3 is 1.90 bits per heavy atom. The van der Waals surface area contributed by atoms with Crippen molar-refractivity contribution in [3.63, 3.8) is 0 Å². The van der Waals surface area contributed by atoms with Crippen LogP contribution in [-0.2, 0) is 9.59 Å². The Labute approximate surface area is 248 Å². The van der Waals surface area contributed by atoms with Gasteiger partial charge in [0.15, 0.2) is 5.13 Å². The zero-order valence-corrected chi connectivity index (χ0v) is 26.4. The predicted octanol–water partition coefficient (Wildman–Crippen LogP) is 7.38. The van der Waals surface area contributed by atoms with Crippen LogP contribution in [0.15, 0.2) is 54.2 Å². The smallest absolute Gasteiger partial charge is 0.328 e. The molecule has 9 heteroatoms. The molecular weight excluding hydrogens is 536 g/mol. The summed E-state index contributed by atoms with van der Waals surface area (Å²) >= 11 is 1.72. The first kappa shape index (κ1) is 33.6. The Kier molecular flexibility index (Phi) is 12.7. The van der Waals surface area contributed by atoms with Crippen molar-refractivity contribution < 1.29 is 19.8 Å². The fourth-order valence-electron chi connectivity index (χ4n) is 4.13. The highest BCUT2D eigenvalue weighted by Crippen LogP contribution is 2.41. The minimum absolute atomic E-state index is 0.375. The topological polar surface area (TPSA) is 107 Å². The third-order valence-corrected chi connectivity index (χ3v) is 7.63. The molecule has 41 heavy (non-hydrogen) atoms. The molecule has 0 aliphatic rings. The van der Waals surface area contributed by atoms with Crippen LogP contribution in [0.1, 0.15) is 82.9 Å². The Morgan fingerprint density at radius 1 is 0.927 bits per heavy atom. The van der Waals surface area contributed by atoms with Gasteiger partial charge in [0.25, 0.3) is 0 Å². The van der Waals surface area contributed by atoms with Gasteiger partial charge in [0.05, 0.1) is 17.6 Å². The maximum atomic E-state index is 9.55. The SMILES string of the molecule is CC(C)c1cc(C(C)C)c(-c2csc(N(CC(C)N(C)C)c3cccnc3)n2)c(C(C)C)c1.O=C(O)/C=C/C(=O)O. The van der Waals surface area contributed by atoms with E-state index in [9.17, 15) is 9.59 Å². The van der Waals surface area contributed by atoms with Crippen molar-refractivity contribution >= 4 is 34.1 Å². The Bertz CT molecular complexity index is 1270. The van der Waals surface area contributed by atoms with Gasteiger partial charge in [0.1, 0.15) is 0 Å². The number of aromatic nitrogens is 2. The minimum Gasteiger partial charge on any atom is -0.478 e. The standard InChI is InChI=1S/C28H40N4S.C4H4O4/c1-18(2)22-13-24(19(3)4)27(25(14-22)20(5)6)26-17-33-28(30-26)32(16-21(7)31(8)9)23-11-10-12-29-15-23;5-3(6)1-2-4(7)8/h10-15,17-21H,16H2,1-9H3;1-2H,(H,5,6)(H,7,8)/b;2-1+. The third kappa shape index (κ3) is 9.79. The average Bonchev–Trinajstić information content (AvgIpc) is 3.39. The number of hydrogen-bond donors (Lipinski definition) is 2. The molecule has 8 nitrogen and oxygen atoms in total. The third-order valence-electron chi connectivity index (χ3n) is 6.77. The van der Waals surface area contributed by atoms with Crippen molar-refractivity contribution in [2.75, 3.05) is 25.5 Å². The molecule has 0 amide bonds. The van der Waals surface area contributed by atoms with Crippen molar-refractivity contribution in [1.82, 2.24) is 14.9 Å². The molecule has 1 atom stereocenters. The molecule has 0 saturated heterocycles. The summed E-state index contributed by atoms with van der Waals surface area (Å²) in [6, 6.07) is 9.30. The van der Waals surface area contributed by atoms with E-state index in [1.54, 1.807) is 11.3 Å². The first-order valence-electron chi connectivity index (χ1n) is 13.8. The molecule has 2 N–H and O–H groups in total. The molecule has 1 unspecified atom stereocenters. The zero-order chi connectivity index (χ0) is 30.9. The quantitative estimate of drug-likeness (QED) is 0.226. The fraction of sp³-hybridized carbons (Fsp3) is 0.438. The van der Waals surface area contributed by atoms with E-state index in [2.05, 4.69) is 101 Å². The highest BCUT2D eigenvalue weighted by Gasteiger charge is 2.23. The van der Waals surface area contributed by atoms with Gasteiger partial charge in [-0.25, -0.2) is 14.6 Å². The van der Waals surface area contributed by atoms with Gasteiger partial charge in [-0.15, -0.1) is 11.3 Å². The second-order valence-corrected chi connectivity index (χ2v) is 12.0. The molecule has 0 aliphatic heterocycles. The van der Waals surface area contributed by atoms with Crippen LogP contribution >= 0.6 is 11.3 Å². The van der Waals surface area contributed by atoms with Gasteiger partial charge in [0.2, 0.25) is 0 Å². The summed E-state index contributed by atoms with van der Waals surface area (Å²) < 4.78 is 0. The number of carbonyl (C=O) groups is 2. The van der Waals surface area contributed by atoms with Gasteiger partial charge in [-0.3, -0.25) is 4.98 Å². The first-order valence-corrected chi connectivity index (χ1v) is 14.7. The van der Waals surface area contributed by atoms with E-state index in [0.29, 0.717) is 35.9 Å². The van der Waals surface area contributed by atoms with Crippen molar-refractivity contribution in [2.24, 2.45) is 0 Å². The van der Waals surface area contributed by atoms with Gasteiger partial charge in [0, 0.05) is 41.9 Å². The monoisotopic (exact) mass is 580 g/mol. The van der Waals surface area contributed by atoms with Crippen LogP contribution in [0.4, 0.5) is 10.8 Å². The summed E-state index contributed by atoms with van der Waals surface area (Å²) in [4.78, 5) is 33.3. The second-order valence-electron chi connectivity index (χ2n) is 11.2. The largest absolute Gasteiger partial charge is 0.478 e. The normalized spacial score (nSPS) is 12.2. The molecule has 222 valence electrons. The predicted molar refractivity (Wildman–Crippen MR) is 169 cm³/mol. The number of carboxylic acid groups (broad SMARTS) is 2. The number of rotatable bonds is 11. The van der Waals surface area contributed by atoms with E-state index in [0.717, 1.165) is 23.1 Å². The lowest BCUT2D eigenvalue weighted by atomic mass is 9.83. The first-order chi connectivity index (χ1) is 19.2. The molecule has 3 rings (SSSR count). The summed E-state index contributed by atoms with van der Waals surface area (Å²) in [6.07, 6.45) is 4.87. The van der Waals surface area contributed by atoms with E-state index in [1.165, 1.54) is 22.3 Å². The number of pyridine rings is 1. The van der Waals surface area contributed by atoms with Crippen molar-refractivity contribution in [3.05, 3.63) is 70.9 Å². The van der Waals surface area contributed by atoms with Crippen molar-refractivity contribution in [2.45, 2.75) is 72.3 Å². The lowest BCUT2D eigenvalue weighted by Gasteiger charge is -2.28. The highest BCUT2D eigenvalue weighted by atomic mass is 32.1. The number of anilines is 2. The minimum atomic E-state index is -1.26. The van der Waals surface area contributed by atoms with Crippen LogP contribution in [-0.4, -0.2) is 63.7 Å². The van der Waals surface area contributed by atoms with Crippen LogP contribution in [0, 0.1) is 0 Å². The Balaban J connectivity index is 0.000000642. The van der Waals surface area contributed by atoms with E-state index >= 15 is 0 Å². The maximum Gasteiger partial charge on any atom is 0.328 e. The van der Waals surface area contributed by atoms with Crippen molar-refractivity contribution in [3.8, 4) is 11.3 Å². The summed E-state index contributed by atoms with van der Waals surface area (Å²) in [5.74, 6) is -1.14. The molecule has 3 aromatic rings. The van der Waals surface area contributed by atoms with Crippen LogP contribution in [0.25, 0.3) is 11.3 Å². The Hall–Kier alpha value is -3.56. The van der Waals surface area contributed by atoms with Gasteiger partial charge < -0.3 is 20.0 Å². The maximum absolute atomic E-state index is 9.55. The zero-order valence-electron chi connectivity index (χ0n) is 25.6. The molecule has 0 aliphatic carbocycles. The van der Waals surface area contributed by atoms with Crippen LogP contribution in [0.3, 0.4) is 0 Å². The molecular formula is C32H44N4O4S. The Morgan fingerprint density at radius 2 is 1.49 bits per heavy atom. The lowest BCUT2D eigenvalue weighted by molar-refractivity contribution is -0.134. The van der Waals surface area contributed by atoms with Gasteiger partial charge >= 0.3 is 11.9 Å². The molecule has 0 radical (unpaired) electrons. The van der Waals surface area contributed by atoms with Gasteiger partial charge in [-0.05, 0) is 67.6 Å². The number of likely N-dealkylation sites (N-methyl/N-ethyl adjacent to an activating group) is 1. The van der Waals surface area contributed by atoms with E-state index < -0.39 is 11.9 Å². The summed E-state index contributed by atoms with van der Waals surface area (Å²) in [5.41, 5.74) is 7.70. The lowest BCUT2D eigenvalue weighted by Crippen LogP contribution is -2.36. The van der Waals surface area contributed by atoms with Gasteiger partial charge in [-0.2, -0.15) is 0 Å². The number of aliphatic carboxylic acids is 2. The number of carboxylic acids is 2. The molecule has 0 spiro atoms. The van der Waals surface area contributed by atoms with Crippen LogP contribution in [0.5, 0.6) is 0 Å². The van der Waals surface area contributed by atoms with Crippen molar-refractivity contribution in [1.29, 1.82) is 0 Å². The van der Waals surface area contributed by atoms with E-state index in [1.807, 2.05) is 18.5 Å². The number of benzene rings is 1.